The van der Waals surface area contributed by atoms with Crippen molar-refractivity contribution >= 4 is 28.3 Å². The van der Waals surface area contributed by atoms with Crippen molar-refractivity contribution in [1.82, 2.24) is 0 Å². The third-order valence-corrected chi connectivity index (χ3v) is 3.50. The molecule has 2 aromatic carbocycles. The van der Waals surface area contributed by atoms with Crippen LogP contribution < -0.4 is 10.1 Å². The van der Waals surface area contributed by atoms with E-state index in [1.165, 1.54) is 20.4 Å². The van der Waals surface area contributed by atoms with Crippen LogP contribution >= 0.6 is 22.6 Å². The molecule has 2 rings (SSSR count). The maximum absolute atomic E-state index is 5.14. The van der Waals surface area contributed by atoms with Gasteiger partial charge in [0.1, 0.15) is 5.75 Å². The molecule has 0 aliphatic carbocycles. The standard InChI is InChI=1S/C15H16INO/c1-11-9-13(16)5-8-15(11)17-10-12-3-6-14(18-2)7-4-12/h3-9,17H,10H2,1-2H3. The zero-order valence-corrected chi connectivity index (χ0v) is 12.7. The summed E-state index contributed by atoms with van der Waals surface area (Å²) < 4.78 is 6.41. The summed E-state index contributed by atoms with van der Waals surface area (Å²) in [5, 5.41) is 3.45. The summed E-state index contributed by atoms with van der Waals surface area (Å²) in [7, 11) is 1.68. The minimum Gasteiger partial charge on any atom is -0.497 e. The van der Waals surface area contributed by atoms with Crippen molar-refractivity contribution in [3.05, 3.63) is 57.2 Å². The normalized spacial score (nSPS) is 10.2. The molecule has 0 heterocycles. The molecule has 0 saturated carbocycles. The van der Waals surface area contributed by atoms with Crippen molar-refractivity contribution in [3.63, 3.8) is 0 Å². The summed E-state index contributed by atoms with van der Waals surface area (Å²) in [6.45, 7) is 2.95. The number of anilines is 1. The van der Waals surface area contributed by atoms with E-state index in [9.17, 15) is 0 Å². The van der Waals surface area contributed by atoms with Crippen LogP contribution in [-0.2, 0) is 6.54 Å². The molecule has 2 nitrogen and oxygen atoms in total. The molecule has 0 saturated heterocycles. The Morgan fingerprint density at radius 3 is 2.44 bits per heavy atom. The highest BCUT2D eigenvalue weighted by Gasteiger charge is 1.99. The van der Waals surface area contributed by atoms with Gasteiger partial charge >= 0.3 is 0 Å². The van der Waals surface area contributed by atoms with Gasteiger partial charge in [-0.15, -0.1) is 0 Å². The summed E-state index contributed by atoms with van der Waals surface area (Å²) in [5.41, 5.74) is 3.70. The first-order valence-electron chi connectivity index (χ1n) is 5.82. The van der Waals surface area contributed by atoms with Crippen LogP contribution in [0.5, 0.6) is 5.75 Å². The SMILES string of the molecule is COc1ccc(CNc2ccc(I)cc2C)cc1. The number of methoxy groups -OCH3 is 1. The fourth-order valence-electron chi connectivity index (χ4n) is 1.77. The highest BCUT2D eigenvalue weighted by Crippen LogP contribution is 2.19. The number of halogens is 1. The topological polar surface area (TPSA) is 21.3 Å². The van der Waals surface area contributed by atoms with Gasteiger partial charge in [-0.1, -0.05) is 12.1 Å². The number of nitrogens with one attached hydrogen (secondary N) is 1. The van der Waals surface area contributed by atoms with Crippen LogP contribution in [-0.4, -0.2) is 7.11 Å². The van der Waals surface area contributed by atoms with Crippen LogP contribution in [0, 0.1) is 10.5 Å². The van der Waals surface area contributed by atoms with E-state index in [0.717, 1.165) is 12.3 Å². The van der Waals surface area contributed by atoms with Crippen molar-refractivity contribution in [2.45, 2.75) is 13.5 Å². The molecule has 0 aromatic heterocycles. The smallest absolute Gasteiger partial charge is 0.118 e. The minimum atomic E-state index is 0.825. The Labute approximate surface area is 122 Å². The molecule has 0 bridgehead atoms. The molecular weight excluding hydrogens is 337 g/mol. The van der Waals surface area contributed by atoms with Crippen LogP contribution in [0.15, 0.2) is 42.5 Å². The van der Waals surface area contributed by atoms with E-state index in [4.69, 9.17) is 4.74 Å². The number of rotatable bonds is 4. The van der Waals surface area contributed by atoms with E-state index in [0.29, 0.717) is 0 Å². The zero-order valence-electron chi connectivity index (χ0n) is 10.5. The first kappa shape index (κ1) is 13.2. The first-order chi connectivity index (χ1) is 8.69. The fourth-order valence-corrected chi connectivity index (χ4v) is 2.41. The molecule has 0 spiro atoms. The zero-order chi connectivity index (χ0) is 13.0. The predicted molar refractivity (Wildman–Crippen MR) is 84.2 cm³/mol. The third kappa shape index (κ3) is 3.38. The Morgan fingerprint density at radius 2 is 1.83 bits per heavy atom. The van der Waals surface area contributed by atoms with E-state index in [1.54, 1.807) is 7.11 Å². The summed E-state index contributed by atoms with van der Waals surface area (Å²) in [4.78, 5) is 0. The lowest BCUT2D eigenvalue weighted by Crippen LogP contribution is -2.01. The van der Waals surface area contributed by atoms with Crippen molar-refractivity contribution in [1.29, 1.82) is 0 Å². The molecule has 0 radical (unpaired) electrons. The molecule has 0 unspecified atom stereocenters. The maximum Gasteiger partial charge on any atom is 0.118 e. The molecule has 3 heteroatoms. The van der Waals surface area contributed by atoms with Gasteiger partial charge in [0.05, 0.1) is 7.11 Å². The van der Waals surface area contributed by atoms with Gasteiger partial charge in [0, 0.05) is 15.8 Å². The van der Waals surface area contributed by atoms with Gasteiger partial charge < -0.3 is 10.1 Å². The summed E-state index contributed by atoms with van der Waals surface area (Å²) in [6.07, 6.45) is 0. The Hall–Kier alpha value is -1.23. The number of hydrogen-bond donors (Lipinski definition) is 1. The van der Waals surface area contributed by atoms with Gasteiger partial charge in [-0.3, -0.25) is 0 Å². The number of hydrogen-bond acceptors (Lipinski definition) is 2. The molecule has 0 fully saturated rings. The minimum absolute atomic E-state index is 0.825. The Bertz CT molecular complexity index is 523. The lowest BCUT2D eigenvalue weighted by Gasteiger charge is -2.10. The fraction of sp³-hybridized carbons (Fsp3) is 0.200. The largest absolute Gasteiger partial charge is 0.497 e. The average molecular weight is 353 g/mol. The van der Waals surface area contributed by atoms with Gasteiger partial charge in [0.2, 0.25) is 0 Å². The van der Waals surface area contributed by atoms with Crippen molar-refractivity contribution in [2.75, 3.05) is 12.4 Å². The molecular formula is C15H16INO. The number of aryl methyl sites for hydroxylation is 1. The van der Waals surface area contributed by atoms with Crippen LogP contribution in [0.4, 0.5) is 5.69 Å². The second kappa shape index (κ2) is 6.09. The lowest BCUT2D eigenvalue weighted by molar-refractivity contribution is 0.414. The van der Waals surface area contributed by atoms with Gasteiger partial charge in [0.15, 0.2) is 0 Å². The van der Waals surface area contributed by atoms with E-state index >= 15 is 0 Å². The second-order valence-electron chi connectivity index (χ2n) is 4.16. The molecule has 0 amide bonds. The van der Waals surface area contributed by atoms with Gasteiger partial charge in [-0.05, 0) is 71.0 Å². The van der Waals surface area contributed by atoms with Crippen molar-refractivity contribution in [3.8, 4) is 5.75 Å². The van der Waals surface area contributed by atoms with E-state index in [1.807, 2.05) is 12.1 Å². The van der Waals surface area contributed by atoms with Gasteiger partial charge in [0.25, 0.3) is 0 Å². The van der Waals surface area contributed by atoms with Gasteiger partial charge in [-0.2, -0.15) is 0 Å². The Kier molecular flexibility index (Phi) is 4.47. The van der Waals surface area contributed by atoms with Crippen LogP contribution in [0.2, 0.25) is 0 Å². The van der Waals surface area contributed by atoms with Crippen molar-refractivity contribution < 1.29 is 4.74 Å². The summed E-state index contributed by atoms with van der Waals surface area (Å²) in [5.74, 6) is 0.893. The number of benzene rings is 2. The molecule has 2 aromatic rings. The van der Waals surface area contributed by atoms with Crippen LogP contribution in [0.1, 0.15) is 11.1 Å². The highest BCUT2D eigenvalue weighted by molar-refractivity contribution is 14.1. The third-order valence-electron chi connectivity index (χ3n) is 2.83. The molecule has 0 atom stereocenters. The molecule has 0 aliphatic heterocycles. The van der Waals surface area contributed by atoms with E-state index in [-0.39, 0.29) is 0 Å². The Balaban J connectivity index is 2.02. The molecule has 1 N–H and O–H groups in total. The van der Waals surface area contributed by atoms with Crippen molar-refractivity contribution in [2.24, 2.45) is 0 Å². The van der Waals surface area contributed by atoms with Gasteiger partial charge in [-0.25, -0.2) is 0 Å². The average Bonchev–Trinajstić information content (AvgIpc) is 2.38. The molecule has 18 heavy (non-hydrogen) atoms. The predicted octanol–water partition coefficient (Wildman–Crippen LogP) is 4.22. The monoisotopic (exact) mass is 353 g/mol. The Morgan fingerprint density at radius 1 is 1.11 bits per heavy atom. The molecule has 94 valence electrons. The summed E-state index contributed by atoms with van der Waals surface area (Å²) in [6, 6.07) is 14.5. The number of ether oxygens (including phenoxy) is 1. The van der Waals surface area contributed by atoms with Crippen LogP contribution in [0.3, 0.4) is 0 Å². The maximum atomic E-state index is 5.14. The lowest BCUT2D eigenvalue weighted by atomic mass is 10.1. The van der Waals surface area contributed by atoms with E-state index in [2.05, 4.69) is 65.2 Å². The van der Waals surface area contributed by atoms with E-state index < -0.39 is 0 Å². The molecule has 0 aliphatic rings. The first-order valence-corrected chi connectivity index (χ1v) is 6.90. The second-order valence-corrected chi connectivity index (χ2v) is 5.41. The quantitative estimate of drug-likeness (QED) is 0.831. The van der Waals surface area contributed by atoms with Crippen LogP contribution in [0.25, 0.3) is 0 Å². The highest BCUT2D eigenvalue weighted by atomic mass is 127. The summed E-state index contributed by atoms with van der Waals surface area (Å²) >= 11 is 2.33.